The first-order valence-corrected chi connectivity index (χ1v) is 6.83. The molecule has 0 N–H and O–H groups in total. The Balaban J connectivity index is 2.31. The van der Waals surface area contributed by atoms with Crippen molar-refractivity contribution < 1.29 is 19.1 Å². The molecule has 2 rings (SSSR count). The zero-order valence-corrected chi connectivity index (χ0v) is 12.0. The monoisotopic (exact) mass is 317 g/mol. The van der Waals surface area contributed by atoms with Crippen LogP contribution in [0, 0.1) is 0 Å². The minimum absolute atomic E-state index is 0.0520. The van der Waals surface area contributed by atoms with Gasteiger partial charge >= 0.3 is 6.09 Å². The second-order valence-corrected chi connectivity index (χ2v) is 5.37. The Morgan fingerprint density at radius 3 is 3.00 bits per heavy atom. The first kappa shape index (κ1) is 13.5. The van der Waals surface area contributed by atoms with Gasteiger partial charge in [0.2, 0.25) is 0 Å². The first-order chi connectivity index (χ1) is 8.55. The number of carbonyl (C=O) groups is 2. The highest BCUT2D eigenvalue weighted by Crippen LogP contribution is 2.40. The van der Waals surface area contributed by atoms with Gasteiger partial charge in [0.15, 0.2) is 5.78 Å². The molecule has 0 bridgehead atoms. The van der Waals surface area contributed by atoms with E-state index in [1.165, 1.54) is 6.08 Å². The highest BCUT2D eigenvalue weighted by atomic mass is 79.9. The lowest BCUT2D eigenvalue weighted by molar-refractivity contribution is -0.117. The molecule has 3 atom stereocenters. The Bertz CT molecular complexity index is 398. The predicted molar refractivity (Wildman–Crippen MR) is 68.7 cm³/mol. The molecule has 0 aromatic carbocycles. The fraction of sp³-hybridized carbons (Fsp3) is 0.667. The van der Waals surface area contributed by atoms with Gasteiger partial charge in [-0.25, -0.2) is 4.79 Å². The number of likely N-dealkylation sites (tertiary alicyclic amines) is 1. The van der Waals surface area contributed by atoms with E-state index in [0.29, 0.717) is 19.6 Å². The van der Waals surface area contributed by atoms with Gasteiger partial charge in [0.25, 0.3) is 0 Å². The van der Waals surface area contributed by atoms with Crippen LogP contribution in [0.25, 0.3) is 0 Å². The molecule has 0 spiro atoms. The number of allylic oxidation sites excluding steroid dienone is 1. The maximum Gasteiger partial charge on any atom is 0.410 e. The normalized spacial score (nSPS) is 34.6. The second kappa shape index (κ2) is 5.01. The van der Waals surface area contributed by atoms with E-state index in [1.54, 1.807) is 25.0 Å². The van der Waals surface area contributed by atoms with Crippen LogP contribution in [0.3, 0.4) is 0 Å². The molecule has 0 aromatic rings. The van der Waals surface area contributed by atoms with Crippen LogP contribution in [0.4, 0.5) is 4.79 Å². The van der Waals surface area contributed by atoms with Crippen LogP contribution in [0.1, 0.15) is 13.3 Å². The number of methoxy groups -OCH3 is 1. The summed E-state index contributed by atoms with van der Waals surface area (Å²) < 4.78 is 10.6. The van der Waals surface area contributed by atoms with Gasteiger partial charge in [-0.15, -0.1) is 0 Å². The average Bonchev–Trinajstić information content (AvgIpc) is 2.75. The van der Waals surface area contributed by atoms with Gasteiger partial charge < -0.3 is 14.4 Å². The number of hydrogen-bond donors (Lipinski definition) is 0. The molecule has 18 heavy (non-hydrogen) atoms. The summed E-state index contributed by atoms with van der Waals surface area (Å²) in [4.78, 5) is 24.8. The Morgan fingerprint density at radius 2 is 2.39 bits per heavy atom. The van der Waals surface area contributed by atoms with Crippen molar-refractivity contribution in [2.24, 2.45) is 0 Å². The molecule has 1 fully saturated rings. The third kappa shape index (κ3) is 1.97. The number of nitrogens with zero attached hydrogens (tertiary/aromatic N) is 1. The van der Waals surface area contributed by atoms with Crippen molar-refractivity contribution in [3.05, 3.63) is 12.2 Å². The van der Waals surface area contributed by atoms with Gasteiger partial charge in [-0.3, -0.25) is 4.79 Å². The van der Waals surface area contributed by atoms with Crippen molar-refractivity contribution in [1.29, 1.82) is 0 Å². The number of fused-ring (bicyclic) bond motifs is 1. The van der Waals surface area contributed by atoms with E-state index in [0.717, 1.165) is 0 Å². The summed E-state index contributed by atoms with van der Waals surface area (Å²) in [7, 11) is 1.60. The first-order valence-electron chi connectivity index (χ1n) is 5.91. The van der Waals surface area contributed by atoms with Crippen LogP contribution >= 0.6 is 15.9 Å². The number of rotatable bonds is 2. The number of ether oxygens (including phenoxy) is 2. The number of amides is 1. The average molecular weight is 318 g/mol. The second-order valence-electron chi connectivity index (χ2n) is 4.38. The SMILES string of the molecule is CCOC(=O)N1CC[C@@]2(OC)C=CC(=O)[C@H](Br)[C@@H]12. The van der Waals surface area contributed by atoms with Gasteiger partial charge in [0.1, 0.15) is 10.4 Å². The largest absolute Gasteiger partial charge is 0.450 e. The van der Waals surface area contributed by atoms with Crippen LogP contribution in [0.15, 0.2) is 12.2 Å². The summed E-state index contributed by atoms with van der Waals surface area (Å²) in [6, 6.07) is -0.348. The maximum atomic E-state index is 11.9. The molecular formula is C12H16BrNO4. The summed E-state index contributed by atoms with van der Waals surface area (Å²) >= 11 is 3.37. The molecule has 1 aliphatic carbocycles. The predicted octanol–water partition coefficient (Wildman–Crippen LogP) is 1.50. The minimum atomic E-state index is -0.588. The Morgan fingerprint density at radius 1 is 1.67 bits per heavy atom. The zero-order chi connectivity index (χ0) is 13.3. The lowest BCUT2D eigenvalue weighted by atomic mass is 9.85. The van der Waals surface area contributed by atoms with E-state index < -0.39 is 16.5 Å². The molecule has 100 valence electrons. The molecule has 1 saturated heterocycles. The number of hydrogen-bond acceptors (Lipinski definition) is 4. The van der Waals surface area contributed by atoms with Gasteiger partial charge in [0, 0.05) is 13.7 Å². The molecule has 6 heteroatoms. The van der Waals surface area contributed by atoms with Crippen LogP contribution in [0.5, 0.6) is 0 Å². The van der Waals surface area contributed by atoms with E-state index >= 15 is 0 Å². The molecule has 0 saturated carbocycles. The van der Waals surface area contributed by atoms with E-state index in [1.807, 2.05) is 0 Å². The van der Waals surface area contributed by atoms with Crippen molar-refractivity contribution in [3.8, 4) is 0 Å². The van der Waals surface area contributed by atoms with Gasteiger partial charge in [0.05, 0.1) is 12.6 Å². The van der Waals surface area contributed by atoms with Gasteiger partial charge in [-0.1, -0.05) is 15.9 Å². The fourth-order valence-electron chi connectivity index (χ4n) is 2.61. The molecular weight excluding hydrogens is 302 g/mol. The molecule has 1 aliphatic heterocycles. The van der Waals surface area contributed by atoms with Crippen LogP contribution in [-0.2, 0) is 14.3 Å². The number of carbonyl (C=O) groups excluding carboxylic acids is 2. The fourth-order valence-corrected chi connectivity index (χ4v) is 3.49. The highest BCUT2D eigenvalue weighted by Gasteiger charge is 2.55. The summed E-state index contributed by atoms with van der Waals surface area (Å²) in [5.41, 5.74) is -0.588. The number of ketones is 1. The van der Waals surface area contributed by atoms with Crippen molar-refractivity contribution in [1.82, 2.24) is 4.90 Å². The van der Waals surface area contributed by atoms with E-state index in [4.69, 9.17) is 9.47 Å². The maximum absolute atomic E-state index is 11.9. The standard InChI is InChI=1S/C12H16BrNO4/c1-3-18-11(16)14-7-6-12(17-2)5-4-8(15)9(13)10(12)14/h4-5,9-10H,3,6-7H2,1-2H3/t9-,10+,12-/m0/s1. The Hall–Kier alpha value is -0.880. The summed E-state index contributed by atoms with van der Waals surface area (Å²) in [6.07, 6.45) is 3.55. The number of halogens is 1. The molecule has 1 heterocycles. The topological polar surface area (TPSA) is 55.8 Å². The summed E-state index contributed by atoms with van der Waals surface area (Å²) in [6.45, 7) is 2.60. The molecule has 5 nitrogen and oxygen atoms in total. The van der Waals surface area contributed by atoms with Crippen LogP contribution in [0.2, 0.25) is 0 Å². The minimum Gasteiger partial charge on any atom is -0.450 e. The van der Waals surface area contributed by atoms with Crippen molar-refractivity contribution >= 4 is 27.8 Å². The highest BCUT2D eigenvalue weighted by molar-refractivity contribution is 9.10. The van der Waals surface area contributed by atoms with Crippen LogP contribution < -0.4 is 0 Å². The third-order valence-corrected chi connectivity index (χ3v) is 4.49. The van der Waals surface area contributed by atoms with Gasteiger partial charge in [-0.05, 0) is 25.5 Å². The summed E-state index contributed by atoms with van der Waals surface area (Å²) in [5.74, 6) is -0.0520. The molecule has 0 aromatic heterocycles. The van der Waals surface area contributed by atoms with E-state index in [-0.39, 0.29) is 11.8 Å². The third-order valence-electron chi connectivity index (χ3n) is 3.54. The van der Waals surface area contributed by atoms with Crippen molar-refractivity contribution in [2.45, 2.75) is 29.8 Å². The van der Waals surface area contributed by atoms with E-state index in [9.17, 15) is 9.59 Å². The number of alkyl halides is 1. The Labute approximate surface area is 114 Å². The van der Waals surface area contributed by atoms with Crippen molar-refractivity contribution in [3.63, 3.8) is 0 Å². The van der Waals surface area contributed by atoms with E-state index in [2.05, 4.69) is 15.9 Å². The lowest BCUT2D eigenvalue weighted by Gasteiger charge is -2.38. The smallest absolute Gasteiger partial charge is 0.410 e. The molecule has 1 amide bonds. The van der Waals surface area contributed by atoms with Crippen molar-refractivity contribution in [2.75, 3.05) is 20.3 Å². The van der Waals surface area contributed by atoms with Gasteiger partial charge in [-0.2, -0.15) is 0 Å². The quantitative estimate of drug-likeness (QED) is 0.724. The molecule has 2 aliphatic rings. The lowest BCUT2D eigenvalue weighted by Crippen LogP contribution is -2.56. The molecule has 0 unspecified atom stereocenters. The molecule has 0 radical (unpaired) electrons. The van der Waals surface area contributed by atoms with Crippen LogP contribution in [-0.4, -0.2) is 53.5 Å². The zero-order valence-electron chi connectivity index (χ0n) is 10.4. The Kier molecular flexibility index (Phi) is 3.77. The summed E-state index contributed by atoms with van der Waals surface area (Å²) in [5, 5.41) is 0.